The molecule has 0 unspecified atom stereocenters. The molecule has 0 saturated heterocycles. The average molecular weight is 426 g/mol. The molecule has 18 heavy (non-hydrogen) atoms. The molecule has 0 aromatic heterocycles. The molecule has 0 atom stereocenters. The molecule has 1 rings (SSSR count). The quantitative estimate of drug-likeness (QED) is 0.255. The van der Waals surface area contributed by atoms with Crippen LogP contribution in [0.1, 0.15) is 17.3 Å². The molecule has 0 aliphatic rings. The average Bonchev–Trinajstić information content (AvgIpc) is 2.37. The third-order valence-corrected chi connectivity index (χ3v) is 3.67. The summed E-state index contributed by atoms with van der Waals surface area (Å²) in [6.07, 6.45) is 0. The van der Waals surface area contributed by atoms with Crippen molar-refractivity contribution in [3.8, 4) is 0 Å². The van der Waals surface area contributed by atoms with Gasteiger partial charge in [-0.15, -0.1) is 0 Å². The van der Waals surface area contributed by atoms with Crippen molar-refractivity contribution in [3.63, 3.8) is 0 Å². The normalized spacial score (nSPS) is 11.4. The lowest BCUT2D eigenvalue weighted by Crippen LogP contribution is -2.38. The number of likely N-dealkylation sites (N-methyl/N-ethyl adjacent to an activating group) is 1. The van der Waals surface area contributed by atoms with Gasteiger partial charge in [-0.1, -0.05) is 5.16 Å². The Bertz CT molecular complexity index is 479. The zero-order valence-corrected chi connectivity index (χ0v) is 13.5. The Morgan fingerprint density at radius 2 is 2.28 bits per heavy atom. The molecule has 0 heterocycles. The monoisotopic (exact) mass is 425 g/mol. The van der Waals surface area contributed by atoms with Crippen LogP contribution < -0.4 is 5.73 Å². The number of nitrogens with two attached hydrogens (primary N) is 1. The van der Waals surface area contributed by atoms with Gasteiger partial charge in [0, 0.05) is 14.6 Å². The first kappa shape index (κ1) is 15.2. The molecule has 1 amide bonds. The van der Waals surface area contributed by atoms with Crippen LogP contribution in [-0.4, -0.2) is 34.9 Å². The highest BCUT2D eigenvalue weighted by Crippen LogP contribution is 2.21. The lowest BCUT2D eigenvalue weighted by atomic mass is 10.2. The van der Waals surface area contributed by atoms with E-state index in [4.69, 9.17) is 10.9 Å². The van der Waals surface area contributed by atoms with Crippen molar-refractivity contribution >= 4 is 50.3 Å². The number of amides is 1. The first-order chi connectivity index (χ1) is 8.49. The molecule has 5 nitrogen and oxygen atoms in total. The van der Waals surface area contributed by atoms with Gasteiger partial charge < -0.3 is 15.8 Å². The third-order valence-electron chi connectivity index (χ3n) is 2.31. The summed E-state index contributed by atoms with van der Waals surface area (Å²) in [5.41, 5.74) is 5.99. The molecular formula is C11H13BrIN3O2. The van der Waals surface area contributed by atoms with Crippen LogP contribution in [0.25, 0.3) is 0 Å². The van der Waals surface area contributed by atoms with Gasteiger partial charge in [0.15, 0.2) is 5.84 Å². The maximum absolute atomic E-state index is 12.3. The molecule has 0 saturated carbocycles. The SMILES string of the molecule is CCN(C/C(N)=N/O)C(=O)c1cc(I)ccc1Br. The Labute approximate surface area is 127 Å². The zero-order chi connectivity index (χ0) is 13.7. The lowest BCUT2D eigenvalue weighted by Gasteiger charge is -2.20. The largest absolute Gasteiger partial charge is 0.409 e. The van der Waals surface area contributed by atoms with E-state index in [0.29, 0.717) is 12.1 Å². The highest BCUT2D eigenvalue weighted by Gasteiger charge is 2.18. The van der Waals surface area contributed by atoms with Crippen molar-refractivity contribution in [2.45, 2.75) is 6.92 Å². The third kappa shape index (κ3) is 3.84. The first-order valence-electron chi connectivity index (χ1n) is 5.20. The summed E-state index contributed by atoms with van der Waals surface area (Å²) in [4.78, 5) is 13.8. The fourth-order valence-corrected chi connectivity index (χ4v) is 2.29. The number of amidine groups is 1. The van der Waals surface area contributed by atoms with Crippen molar-refractivity contribution in [1.29, 1.82) is 0 Å². The van der Waals surface area contributed by atoms with E-state index in [-0.39, 0.29) is 18.3 Å². The van der Waals surface area contributed by atoms with Gasteiger partial charge >= 0.3 is 0 Å². The van der Waals surface area contributed by atoms with Gasteiger partial charge in [0.2, 0.25) is 0 Å². The number of rotatable bonds is 4. The standard InChI is InChI=1S/C11H13BrIN3O2/c1-2-16(6-10(14)15-18)11(17)8-5-7(13)3-4-9(8)12/h3-5,18H,2,6H2,1H3,(H2,14,15). The van der Waals surface area contributed by atoms with Gasteiger partial charge in [0.05, 0.1) is 12.1 Å². The zero-order valence-electron chi connectivity index (χ0n) is 9.73. The Hall–Kier alpha value is -0.830. The number of hydrogen-bond acceptors (Lipinski definition) is 3. The second-order valence-electron chi connectivity index (χ2n) is 3.53. The van der Waals surface area contributed by atoms with Crippen molar-refractivity contribution in [2.24, 2.45) is 10.9 Å². The molecule has 0 spiro atoms. The number of nitrogens with zero attached hydrogens (tertiary/aromatic N) is 2. The minimum Gasteiger partial charge on any atom is -0.409 e. The molecule has 7 heteroatoms. The molecule has 0 radical (unpaired) electrons. The van der Waals surface area contributed by atoms with Crippen LogP contribution in [0, 0.1) is 3.57 Å². The van der Waals surface area contributed by atoms with E-state index < -0.39 is 0 Å². The number of carbonyl (C=O) groups is 1. The Kier molecular flexibility index (Phi) is 5.86. The lowest BCUT2D eigenvalue weighted by molar-refractivity contribution is 0.0785. The first-order valence-corrected chi connectivity index (χ1v) is 7.07. The second-order valence-corrected chi connectivity index (χ2v) is 5.63. The van der Waals surface area contributed by atoms with Crippen LogP contribution >= 0.6 is 38.5 Å². The number of hydrogen-bond donors (Lipinski definition) is 2. The summed E-state index contributed by atoms with van der Waals surface area (Å²) >= 11 is 5.49. The highest BCUT2D eigenvalue weighted by atomic mass is 127. The van der Waals surface area contributed by atoms with E-state index >= 15 is 0 Å². The minimum absolute atomic E-state index is 0.00644. The highest BCUT2D eigenvalue weighted by molar-refractivity contribution is 14.1. The summed E-state index contributed by atoms with van der Waals surface area (Å²) in [7, 11) is 0. The number of benzene rings is 1. The van der Waals surface area contributed by atoms with Gasteiger partial charge in [-0.05, 0) is 63.6 Å². The van der Waals surface area contributed by atoms with E-state index in [2.05, 4.69) is 43.7 Å². The smallest absolute Gasteiger partial charge is 0.255 e. The molecule has 3 N–H and O–H groups in total. The Balaban J connectivity index is 3.00. The molecule has 1 aromatic rings. The molecular weight excluding hydrogens is 413 g/mol. The maximum Gasteiger partial charge on any atom is 0.255 e. The molecule has 1 aromatic carbocycles. The minimum atomic E-state index is -0.158. The van der Waals surface area contributed by atoms with Gasteiger partial charge in [-0.3, -0.25) is 4.79 Å². The Morgan fingerprint density at radius 3 is 2.83 bits per heavy atom. The second kappa shape index (κ2) is 6.93. The van der Waals surface area contributed by atoms with E-state index in [9.17, 15) is 4.79 Å². The van der Waals surface area contributed by atoms with Crippen LogP contribution in [0.15, 0.2) is 27.8 Å². The van der Waals surface area contributed by atoms with Gasteiger partial charge in [-0.2, -0.15) is 0 Å². The van der Waals surface area contributed by atoms with E-state index in [1.165, 1.54) is 4.90 Å². The summed E-state index contributed by atoms with van der Waals surface area (Å²) in [6, 6.07) is 5.52. The van der Waals surface area contributed by atoms with Crippen LogP contribution in [0.4, 0.5) is 0 Å². The van der Waals surface area contributed by atoms with Crippen LogP contribution in [-0.2, 0) is 0 Å². The van der Waals surface area contributed by atoms with E-state index in [1.54, 1.807) is 6.07 Å². The van der Waals surface area contributed by atoms with E-state index in [0.717, 1.165) is 8.04 Å². The van der Waals surface area contributed by atoms with Gasteiger partial charge in [-0.25, -0.2) is 0 Å². The Morgan fingerprint density at radius 1 is 1.61 bits per heavy atom. The predicted molar refractivity (Wildman–Crippen MR) is 81.8 cm³/mol. The van der Waals surface area contributed by atoms with Gasteiger partial charge in [0.1, 0.15) is 0 Å². The fraction of sp³-hybridized carbons (Fsp3) is 0.273. The van der Waals surface area contributed by atoms with Crippen molar-refractivity contribution < 1.29 is 10.0 Å². The van der Waals surface area contributed by atoms with Crippen LogP contribution in [0.2, 0.25) is 0 Å². The molecule has 0 aliphatic carbocycles. The summed E-state index contributed by atoms with van der Waals surface area (Å²) in [5.74, 6) is -0.151. The molecule has 0 bridgehead atoms. The summed E-state index contributed by atoms with van der Waals surface area (Å²) in [6.45, 7) is 2.42. The molecule has 0 fully saturated rings. The predicted octanol–water partition coefficient (Wildman–Crippen LogP) is 2.26. The van der Waals surface area contributed by atoms with Crippen molar-refractivity contribution in [1.82, 2.24) is 4.90 Å². The number of halogens is 2. The summed E-state index contributed by atoms with van der Waals surface area (Å²) in [5, 5.41) is 11.4. The van der Waals surface area contributed by atoms with Crippen LogP contribution in [0.3, 0.4) is 0 Å². The van der Waals surface area contributed by atoms with Crippen LogP contribution in [0.5, 0.6) is 0 Å². The van der Waals surface area contributed by atoms with Crippen molar-refractivity contribution in [2.75, 3.05) is 13.1 Å². The fourth-order valence-electron chi connectivity index (χ4n) is 1.39. The van der Waals surface area contributed by atoms with Gasteiger partial charge in [0.25, 0.3) is 5.91 Å². The topological polar surface area (TPSA) is 78.9 Å². The van der Waals surface area contributed by atoms with E-state index in [1.807, 2.05) is 19.1 Å². The van der Waals surface area contributed by atoms with Crippen molar-refractivity contribution in [3.05, 3.63) is 31.8 Å². The number of carbonyl (C=O) groups excluding carboxylic acids is 1. The molecule has 0 aliphatic heterocycles. The maximum atomic E-state index is 12.3. The summed E-state index contributed by atoms with van der Waals surface area (Å²) < 4.78 is 1.70. The molecule has 98 valence electrons. The number of oxime groups is 1.